The Bertz CT molecular complexity index is 371. The Kier molecular flexibility index (Phi) is 5.71. The van der Waals surface area contributed by atoms with Gasteiger partial charge in [0, 0.05) is 6.04 Å². The van der Waals surface area contributed by atoms with Gasteiger partial charge in [-0.1, -0.05) is 38.3 Å². The van der Waals surface area contributed by atoms with Gasteiger partial charge >= 0.3 is 0 Å². The molecule has 1 N–H and O–H groups in total. The molecule has 2 nitrogen and oxygen atoms in total. The summed E-state index contributed by atoms with van der Waals surface area (Å²) >= 11 is 0. The van der Waals surface area contributed by atoms with Crippen LogP contribution in [0.1, 0.15) is 57.6 Å². The Morgan fingerprint density at radius 2 is 2.05 bits per heavy atom. The van der Waals surface area contributed by atoms with Crippen LogP contribution in [0.15, 0.2) is 24.3 Å². The van der Waals surface area contributed by atoms with Crippen molar-refractivity contribution in [3.8, 4) is 5.75 Å². The zero-order valence-electron chi connectivity index (χ0n) is 12.3. The summed E-state index contributed by atoms with van der Waals surface area (Å²) < 4.78 is 5.99. The zero-order chi connectivity index (χ0) is 13.5. The zero-order valence-corrected chi connectivity index (χ0v) is 12.3. The smallest absolute Gasteiger partial charge is 0.119 e. The molecule has 0 aromatic heterocycles. The minimum atomic E-state index is 0.392. The number of ether oxygens (including phenoxy) is 1. The minimum absolute atomic E-state index is 0.392. The summed E-state index contributed by atoms with van der Waals surface area (Å²) in [6, 6.07) is 8.91. The molecule has 1 atom stereocenters. The normalized spacial score (nSPS) is 18.2. The maximum atomic E-state index is 5.99. The molecule has 1 aliphatic carbocycles. The fourth-order valence-electron chi connectivity index (χ4n) is 2.87. The number of benzene rings is 1. The summed E-state index contributed by atoms with van der Waals surface area (Å²) in [6.07, 6.45) is 6.85. The lowest BCUT2D eigenvalue weighted by Gasteiger charge is -2.22. The highest BCUT2D eigenvalue weighted by atomic mass is 16.5. The number of nitrogens with one attached hydrogen (secondary N) is 1. The topological polar surface area (TPSA) is 21.3 Å². The first-order valence-corrected chi connectivity index (χ1v) is 7.75. The quantitative estimate of drug-likeness (QED) is 0.823. The lowest BCUT2D eigenvalue weighted by atomic mass is 9.90. The van der Waals surface area contributed by atoms with Gasteiger partial charge < -0.3 is 10.1 Å². The molecule has 0 heterocycles. The van der Waals surface area contributed by atoms with Gasteiger partial charge in [-0.15, -0.1) is 0 Å². The molecule has 1 aliphatic rings. The fourth-order valence-corrected chi connectivity index (χ4v) is 2.87. The van der Waals surface area contributed by atoms with Crippen molar-refractivity contribution in [2.75, 3.05) is 13.2 Å². The Hall–Kier alpha value is -1.02. The number of rotatable bonds is 6. The standard InChI is InChI=1S/C17H27NO/c1-3-18-14(2)16-10-7-11-17(12-16)19-13-15-8-5-4-6-9-15/h7,10-12,14-15,18H,3-6,8-9,13H2,1-2H3. The Labute approximate surface area is 117 Å². The molecule has 0 aliphatic heterocycles. The highest BCUT2D eigenvalue weighted by Crippen LogP contribution is 2.25. The van der Waals surface area contributed by atoms with Gasteiger partial charge in [0.2, 0.25) is 0 Å². The molecule has 0 bridgehead atoms. The first kappa shape index (κ1) is 14.4. The van der Waals surface area contributed by atoms with Crippen molar-refractivity contribution >= 4 is 0 Å². The average molecular weight is 261 g/mol. The van der Waals surface area contributed by atoms with Crippen LogP contribution in [0.4, 0.5) is 0 Å². The van der Waals surface area contributed by atoms with Crippen molar-refractivity contribution in [2.24, 2.45) is 5.92 Å². The van der Waals surface area contributed by atoms with Crippen molar-refractivity contribution in [1.82, 2.24) is 5.32 Å². The van der Waals surface area contributed by atoms with E-state index in [4.69, 9.17) is 4.74 Å². The lowest BCUT2D eigenvalue weighted by molar-refractivity contribution is 0.208. The molecule has 2 heteroatoms. The van der Waals surface area contributed by atoms with E-state index < -0.39 is 0 Å². The van der Waals surface area contributed by atoms with Crippen LogP contribution in [0.3, 0.4) is 0 Å². The van der Waals surface area contributed by atoms with E-state index in [-0.39, 0.29) is 0 Å². The molecule has 1 saturated carbocycles. The van der Waals surface area contributed by atoms with Crippen LogP contribution in [0, 0.1) is 5.92 Å². The molecule has 1 aromatic carbocycles. The van der Waals surface area contributed by atoms with Crippen LogP contribution in [-0.2, 0) is 0 Å². The number of hydrogen-bond acceptors (Lipinski definition) is 2. The van der Waals surface area contributed by atoms with E-state index in [2.05, 4.69) is 43.4 Å². The highest BCUT2D eigenvalue weighted by Gasteiger charge is 2.14. The maximum absolute atomic E-state index is 5.99. The summed E-state index contributed by atoms with van der Waals surface area (Å²) in [7, 11) is 0. The molecule has 106 valence electrons. The van der Waals surface area contributed by atoms with E-state index in [1.54, 1.807) is 0 Å². The van der Waals surface area contributed by atoms with Crippen LogP contribution < -0.4 is 10.1 Å². The summed E-state index contributed by atoms with van der Waals surface area (Å²) in [4.78, 5) is 0. The first-order chi connectivity index (χ1) is 9.29. The van der Waals surface area contributed by atoms with Gasteiger partial charge in [0.25, 0.3) is 0 Å². The van der Waals surface area contributed by atoms with Crippen molar-refractivity contribution in [3.05, 3.63) is 29.8 Å². The van der Waals surface area contributed by atoms with Crippen LogP contribution in [0.5, 0.6) is 5.75 Å². The van der Waals surface area contributed by atoms with E-state index >= 15 is 0 Å². The van der Waals surface area contributed by atoms with Gasteiger partial charge in [-0.3, -0.25) is 0 Å². The summed E-state index contributed by atoms with van der Waals surface area (Å²) in [5, 5.41) is 3.44. The van der Waals surface area contributed by atoms with E-state index in [9.17, 15) is 0 Å². The summed E-state index contributed by atoms with van der Waals surface area (Å²) in [6.45, 7) is 6.22. The Morgan fingerprint density at radius 3 is 2.79 bits per heavy atom. The van der Waals surface area contributed by atoms with Crippen LogP contribution in [-0.4, -0.2) is 13.2 Å². The van der Waals surface area contributed by atoms with Crippen LogP contribution in [0.2, 0.25) is 0 Å². The molecule has 0 radical (unpaired) electrons. The molecule has 19 heavy (non-hydrogen) atoms. The molecular formula is C17H27NO. The molecule has 1 unspecified atom stereocenters. The second kappa shape index (κ2) is 7.54. The third-order valence-corrected chi connectivity index (χ3v) is 4.08. The van der Waals surface area contributed by atoms with E-state index in [1.807, 2.05) is 0 Å². The van der Waals surface area contributed by atoms with Crippen molar-refractivity contribution in [3.63, 3.8) is 0 Å². The SMILES string of the molecule is CCNC(C)c1cccc(OCC2CCCCC2)c1. The molecular weight excluding hydrogens is 234 g/mol. The van der Waals surface area contributed by atoms with Crippen LogP contribution >= 0.6 is 0 Å². The third-order valence-electron chi connectivity index (χ3n) is 4.08. The maximum Gasteiger partial charge on any atom is 0.119 e. The lowest BCUT2D eigenvalue weighted by Crippen LogP contribution is -2.18. The summed E-state index contributed by atoms with van der Waals surface area (Å²) in [5.74, 6) is 1.79. The van der Waals surface area contributed by atoms with E-state index in [0.29, 0.717) is 6.04 Å². The average Bonchev–Trinajstić information content (AvgIpc) is 2.47. The second-order valence-corrected chi connectivity index (χ2v) is 5.67. The Balaban J connectivity index is 1.87. The highest BCUT2D eigenvalue weighted by molar-refractivity contribution is 5.30. The van der Waals surface area contributed by atoms with Gasteiger partial charge in [0.05, 0.1) is 6.61 Å². The van der Waals surface area contributed by atoms with Gasteiger partial charge in [0.1, 0.15) is 5.75 Å². The molecule has 1 fully saturated rings. The van der Waals surface area contributed by atoms with Gasteiger partial charge in [-0.25, -0.2) is 0 Å². The van der Waals surface area contributed by atoms with Gasteiger partial charge in [-0.05, 0) is 49.9 Å². The second-order valence-electron chi connectivity index (χ2n) is 5.67. The predicted molar refractivity (Wildman–Crippen MR) is 80.6 cm³/mol. The monoisotopic (exact) mass is 261 g/mol. The largest absolute Gasteiger partial charge is 0.493 e. The van der Waals surface area contributed by atoms with Crippen molar-refractivity contribution in [2.45, 2.75) is 52.0 Å². The number of hydrogen-bond donors (Lipinski definition) is 1. The predicted octanol–water partition coefficient (Wildman–Crippen LogP) is 4.32. The Morgan fingerprint density at radius 1 is 1.26 bits per heavy atom. The van der Waals surface area contributed by atoms with Crippen LogP contribution in [0.25, 0.3) is 0 Å². The molecule has 0 spiro atoms. The third kappa shape index (κ3) is 4.54. The van der Waals surface area contributed by atoms with E-state index in [0.717, 1.165) is 24.8 Å². The fraction of sp³-hybridized carbons (Fsp3) is 0.647. The van der Waals surface area contributed by atoms with E-state index in [1.165, 1.54) is 37.7 Å². The summed E-state index contributed by atoms with van der Waals surface area (Å²) in [5.41, 5.74) is 1.31. The van der Waals surface area contributed by atoms with Crippen molar-refractivity contribution < 1.29 is 4.74 Å². The first-order valence-electron chi connectivity index (χ1n) is 7.75. The molecule has 2 rings (SSSR count). The van der Waals surface area contributed by atoms with Crippen molar-refractivity contribution in [1.29, 1.82) is 0 Å². The molecule has 0 amide bonds. The minimum Gasteiger partial charge on any atom is -0.493 e. The molecule has 1 aromatic rings. The molecule has 0 saturated heterocycles. The van der Waals surface area contributed by atoms with Gasteiger partial charge in [0.15, 0.2) is 0 Å². The van der Waals surface area contributed by atoms with Gasteiger partial charge in [-0.2, -0.15) is 0 Å².